The third-order valence-electron chi connectivity index (χ3n) is 3.42. The molecule has 0 saturated carbocycles. The van der Waals surface area contributed by atoms with Gasteiger partial charge in [0, 0.05) is 23.2 Å². The number of hydrogen-bond donors (Lipinski definition) is 2. The Hall–Kier alpha value is -2.44. The zero-order chi connectivity index (χ0) is 16.7. The second kappa shape index (κ2) is 8.11. The van der Waals surface area contributed by atoms with Crippen molar-refractivity contribution in [3.63, 3.8) is 0 Å². The van der Waals surface area contributed by atoms with Crippen LogP contribution in [0.3, 0.4) is 0 Å². The van der Waals surface area contributed by atoms with E-state index < -0.39 is 10.8 Å². The summed E-state index contributed by atoms with van der Waals surface area (Å²) in [7, 11) is 0. The molecular formula is C15H21N3O4. The van der Waals surface area contributed by atoms with Crippen LogP contribution in [-0.2, 0) is 4.79 Å². The average molecular weight is 307 g/mol. The maximum absolute atomic E-state index is 11.9. The number of nitrogens with zero attached hydrogens (tertiary/aromatic N) is 1. The lowest BCUT2D eigenvalue weighted by Crippen LogP contribution is -2.41. The highest BCUT2D eigenvalue weighted by Gasteiger charge is 2.15. The minimum atomic E-state index is -0.500. The molecular weight excluding hydrogens is 286 g/mol. The van der Waals surface area contributed by atoms with E-state index in [1.165, 1.54) is 18.2 Å². The normalized spacial score (nSPS) is 10.4. The van der Waals surface area contributed by atoms with Crippen LogP contribution in [0.5, 0.6) is 0 Å². The Balaban J connectivity index is 2.61. The van der Waals surface area contributed by atoms with Gasteiger partial charge in [0.25, 0.3) is 11.6 Å². The minimum absolute atomic E-state index is 0.0389. The van der Waals surface area contributed by atoms with E-state index in [1.807, 2.05) is 13.8 Å². The number of nitro benzene ring substituents is 1. The zero-order valence-corrected chi connectivity index (χ0v) is 13.0. The molecule has 0 atom stereocenters. The van der Waals surface area contributed by atoms with Crippen molar-refractivity contribution in [1.29, 1.82) is 0 Å². The molecule has 0 saturated heterocycles. The summed E-state index contributed by atoms with van der Waals surface area (Å²) in [6, 6.07) is 4.20. The molecule has 0 aliphatic rings. The maximum atomic E-state index is 11.9. The summed E-state index contributed by atoms with van der Waals surface area (Å²) in [5, 5.41) is 16.1. The van der Waals surface area contributed by atoms with Gasteiger partial charge in [-0.25, -0.2) is 0 Å². The van der Waals surface area contributed by atoms with Gasteiger partial charge in [-0.1, -0.05) is 13.8 Å². The minimum Gasteiger partial charge on any atom is -0.352 e. The van der Waals surface area contributed by atoms with Crippen molar-refractivity contribution in [3.8, 4) is 0 Å². The summed E-state index contributed by atoms with van der Waals surface area (Å²) in [6.07, 6.45) is 1.66. The molecule has 7 heteroatoms. The SMILES string of the molecule is CCC(CC)NC(=O)CNC(=O)c1ccc([N+](=O)[O-])c(C)c1. The highest BCUT2D eigenvalue weighted by molar-refractivity contribution is 5.96. The first kappa shape index (κ1) is 17.6. The molecule has 1 aromatic rings. The van der Waals surface area contributed by atoms with Crippen LogP contribution in [0.1, 0.15) is 42.6 Å². The first-order chi connectivity index (χ1) is 10.4. The van der Waals surface area contributed by atoms with Crippen molar-refractivity contribution in [2.24, 2.45) is 0 Å². The van der Waals surface area contributed by atoms with Gasteiger partial charge in [0.05, 0.1) is 11.5 Å². The molecule has 0 radical (unpaired) electrons. The van der Waals surface area contributed by atoms with Gasteiger partial charge < -0.3 is 10.6 Å². The van der Waals surface area contributed by atoms with Crippen LogP contribution in [0, 0.1) is 17.0 Å². The summed E-state index contributed by atoms with van der Waals surface area (Å²) in [4.78, 5) is 33.9. The second-order valence-corrected chi connectivity index (χ2v) is 5.02. The van der Waals surface area contributed by atoms with Gasteiger partial charge in [-0.3, -0.25) is 19.7 Å². The number of hydrogen-bond acceptors (Lipinski definition) is 4. The number of carbonyl (C=O) groups excluding carboxylic acids is 2. The lowest BCUT2D eigenvalue weighted by Gasteiger charge is -2.14. The standard InChI is InChI=1S/C15H21N3O4/c1-4-12(5-2)17-14(19)9-16-15(20)11-6-7-13(18(21)22)10(3)8-11/h6-8,12H,4-5,9H2,1-3H3,(H,16,20)(H,17,19). The Labute approximate surface area is 129 Å². The lowest BCUT2D eigenvalue weighted by atomic mass is 10.1. The number of amides is 2. The van der Waals surface area contributed by atoms with E-state index in [-0.39, 0.29) is 24.2 Å². The molecule has 0 bridgehead atoms. The molecule has 120 valence electrons. The Morgan fingerprint density at radius 3 is 2.41 bits per heavy atom. The molecule has 7 nitrogen and oxygen atoms in total. The van der Waals surface area contributed by atoms with E-state index in [9.17, 15) is 19.7 Å². The zero-order valence-electron chi connectivity index (χ0n) is 13.0. The molecule has 0 heterocycles. The largest absolute Gasteiger partial charge is 0.352 e. The van der Waals surface area contributed by atoms with E-state index >= 15 is 0 Å². The van der Waals surface area contributed by atoms with Gasteiger partial charge in [-0.15, -0.1) is 0 Å². The third kappa shape index (κ3) is 4.83. The van der Waals surface area contributed by atoms with Gasteiger partial charge in [0.15, 0.2) is 0 Å². The van der Waals surface area contributed by atoms with Crippen molar-refractivity contribution >= 4 is 17.5 Å². The number of rotatable bonds is 7. The van der Waals surface area contributed by atoms with Crippen molar-refractivity contribution in [2.75, 3.05) is 6.54 Å². The fraction of sp³-hybridized carbons (Fsp3) is 0.467. The average Bonchev–Trinajstić information content (AvgIpc) is 2.49. The number of aryl methyl sites for hydroxylation is 1. The van der Waals surface area contributed by atoms with Crippen LogP contribution in [0.2, 0.25) is 0 Å². The Morgan fingerprint density at radius 1 is 1.27 bits per heavy atom. The van der Waals surface area contributed by atoms with Crippen LogP contribution >= 0.6 is 0 Å². The number of carbonyl (C=O) groups is 2. The van der Waals surface area contributed by atoms with Gasteiger partial charge in [0.2, 0.25) is 5.91 Å². The first-order valence-corrected chi connectivity index (χ1v) is 7.21. The molecule has 2 amide bonds. The predicted octanol–water partition coefficient (Wildman–Crippen LogP) is 1.94. The quantitative estimate of drug-likeness (QED) is 0.593. The van der Waals surface area contributed by atoms with Crippen molar-refractivity contribution in [2.45, 2.75) is 39.7 Å². The number of benzene rings is 1. The van der Waals surface area contributed by atoms with Crippen molar-refractivity contribution in [1.82, 2.24) is 10.6 Å². The van der Waals surface area contributed by atoms with Crippen LogP contribution in [-0.4, -0.2) is 29.3 Å². The van der Waals surface area contributed by atoms with E-state index in [0.29, 0.717) is 11.1 Å². The van der Waals surface area contributed by atoms with Gasteiger partial charge in [-0.05, 0) is 31.9 Å². The molecule has 0 aliphatic carbocycles. The van der Waals surface area contributed by atoms with E-state index in [4.69, 9.17) is 0 Å². The van der Waals surface area contributed by atoms with Gasteiger partial charge >= 0.3 is 0 Å². The van der Waals surface area contributed by atoms with Crippen LogP contribution in [0.15, 0.2) is 18.2 Å². The predicted molar refractivity (Wildman–Crippen MR) is 82.7 cm³/mol. The van der Waals surface area contributed by atoms with Gasteiger partial charge in [0.1, 0.15) is 0 Å². The summed E-state index contributed by atoms with van der Waals surface area (Å²) < 4.78 is 0. The van der Waals surface area contributed by atoms with Crippen molar-refractivity contribution in [3.05, 3.63) is 39.4 Å². The molecule has 0 aliphatic heterocycles. The third-order valence-corrected chi connectivity index (χ3v) is 3.42. The molecule has 0 unspecified atom stereocenters. The smallest absolute Gasteiger partial charge is 0.272 e. The van der Waals surface area contributed by atoms with Crippen molar-refractivity contribution < 1.29 is 14.5 Å². The first-order valence-electron chi connectivity index (χ1n) is 7.21. The lowest BCUT2D eigenvalue weighted by molar-refractivity contribution is -0.385. The number of nitrogens with one attached hydrogen (secondary N) is 2. The monoisotopic (exact) mass is 307 g/mol. The molecule has 0 fully saturated rings. The van der Waals surface area contributed by atoms with E-state index in [2.05, 4.69) is 10.6 Å². The Morgan fingerprint density at radius 2 is 1.91 bits per heavy atom. The van der Waals surface area contributed by atoms with Crippen LogP contribution in [0.4, 0.5) is 5.69 Å². The fourth-order valence-electron chi connectivity index (χ4n) is 2.04. The summed E-state index contributed by atoms with van der Waals surface area (Å²) in [6.45, 7) is 5.40. The summed E-state index contributed by atoms with van der Waals surface area (Å²) in [5.74, 6) is -0.682. The maximum Gasteiger partial charge on any atom is 0.272 e. The molecule has 0 spiro atoms. The topological polar surface area (TPSA) is 101 Å². The highest BCUT2D eigenvalue weighted by atomic mass is 16.6. The van der Waals surface area contributed by atoms with Crippen LogP contribution < -0.4 is 10.6 Å². The fourth-order valence-corrected chi connectivity index (χ4v) is 2.04. The molecule has 1 rings (SSSR count). The molecule has 0 aromatic heterocycles. The summed E-state index contributed by atoms with van der Waals surface area (Å²) in [5.41, 5.74) is 0.653. The summed E-state index contributed by atoms with van der Waals surface area (Å²) >= 11 is 0. The van der Waals surface area contributed by atoms with E-state index in [0.717, 1.165) is 12.8 Å². The van der Waals surface area contributed by atoms with Crippen LogP contribution in [0.25, 0.3) is 0 Å². The van der Waals surface area contributed by atoms with E-state index in [1.54, 1.807) is 6.92 Å². The number of nitro groups is 1. The second-order valence-electron chi connectivity index (χ2n) is 5.02. The molecule has 22 heavy (non-hydrogen) atoms. The van der Waals surface area contributed by atoms with Gasteiger partial charge in [-0.2, -0.15) is 0 Å². The molecule has 2 N–H and O–H groups in total. The molecule has 1 aromatic carbocycles. The Bertz CT molecular complexity index is 568. The Kier molecular flexibility index (Phi) is 6.49. The highest BCUT2D eigenvalue weighted by Crippen LogP contribution is 2.18.